The van der Waals surface area contributed by atoms with Crippen LogP contribution >= 0.6 is 11.3 Å². The van der Waals surface area contributed by atoms with E-state index in [0.717, 1.165) is 22.4 Å². The van der Waals surface area contributed by atoms with Gasteiger partial charge >= 0.3 is 0 Å². The lowest BCUT2D eigenvalue weighted by Gasteiger charge is -2.08. The van der Waals surface area contributed by atoms with Gasteiger partial charge in [0.1, 0.15) is 0 Å². The Balaban J connectivity index is 1.71. The van der Waals surface area contributed by atoms with Crippen LogP contribution in [-0.4, -0.2) is 18.0 Å². The molecule has 1 N–H and O–H groups in total. The van der Waals surface area contributed by atoms with Crippen LogP contribution in [0, 0.1) is 26.6 Å². The average molecular weight is 396 g/mol. The van der Waals surface area contributed by atoms with E-state index in [2.05, 4.69) is 43.2 Å². The lowest BCUT2D eigenvalue weighted by Crippen LogP contribution is -2.07. The van der Waals surface area contributed by atoms with Gasteiger partial charge in [0.15, 0.2) is 16.7 Å². The number of aryl methyl sites for hydroxylation is 3. The molecule has 3 rings (SSSR count). The topological polar surface area (TPSA) is 51.2 Å². The number of aromatic nitrogens is 1. The lowest BCUT2D eigenvalue weighted by atomic mass is 9.98. The molecule has 28 heavy (non-hydrogen) atoms. The smallest absolute Gasteiger partial charge is 0.250 e. The first-order valence-electron chi connectivity index (χ1n) is 8.73. The van der Waals surface area contributed by atoms with Gasteiger partial charge in [-0.1, -0.05) is 23.8 Å². The highest BCUT2D eigenvalue weighted by atomic mass is 32.1. The third-order valence-corrected chi connectivity index (χ3v) is 5.03. The van der Waals surface area contributed by atoms with Crippen molar-refractivity contribution in [3.8, 4) is 17.0 Å². The second-order valence-corrected chi connectivity index (χ2v) is 7.39. The van der Waals surface area contributed by atoms with Crippen LogP contribution in [0.5, 0.6) is 5.75 Å². The molecule has 1 heterocycles. The monoisotopic (exact) mass is 396 g/mol. The van der Waals surface area contributed by atoms with E-state index in [0.29, 0.717) is 10.7 Å². The summed E-state index contributed by atoms with van der Waals surface area (Å²) in [6.07, 6.45) is 2.89. The molecule has 0 radical (unpaired) electrons. The fourth-order valence-electron chi connectivity index (χ4n) is 3.14. The number of nitrogens with one attached hydrogen (secondary N) is 1. The minimum absolute atomic E-state index is 0.165. The third kappa shape index (κ3) is 4.46. The molecule has 1 aromatic heterocycles. The molecule has 0 bridgehead atoms. The molecule has 0 aliphatic carbocycles. The number of carbonyl (C=O) groups is 1. The van der Waals surface area contributed by atoms with Crippen molar-refractivity contribution in [1.82, 2.24) is 4.98 Å². The van der Waals surface area contributed by atoms with E-state index in [1.165, 1.54) is 42.2 Å². The van der Waals surface area contributed by atoms with Gasteiger partial charge in [-0.15, -0.1) is 11.3 Å². The van der Waals surface area contributed by atoms with Gasteiger partial charge in [-0.2, -0.15) is 0 Å². The molecule has 3 aromatic rings. The van der Waals surface area contributed by atoms with Gasteiger partial charge in [-0.3, -0.25) is 10.1 Å². The Morgan fingerprint density at radius 3 is 2.54 bits per heavy atom. The molecule has 0 saturated carbocycles. The molecule has 0 atom stereocenters. The van der Waals surface area contributed by atoms with Crippen LogP contribution in [-0.2, 0) is 4.79 Å². The Hall–Kier alpha value is -2.99. The first-order valence-corrected chi connectivity index (χ1v) is 9.61. The number of halogens is 1. The highest BCUT2D eigenvalue weighted by Crippen LogP contribution is 2.31. The maximum absolute atomic E-state index is 13.7. The van der Waals surface area contributed by atoms with Crippen molar-refractivity contribution in [2.24, 2.45) is 0 Å². The fraction of sp³-hybridized carbons (Fsp3) is 0.182. The number of hydrogen-bond acceptors (Lipinski definition) is 4. The lowest BCUT2D eigenvalue weighted by molar-refractivity contribution is -0.111. The summed E-state index contributed by atoms with van der Waals surface area (Å²) in [5, 5.41) is 5.20. The van der Waals surface area contributed by atoms with E-state index in [1.807, 2.05) is 5.38 Å². The SMILES string of the molecule is COc1ccc(/C=C/C(=O)Nc2nc(-c3c(C)cc(C)cc3C)cs2)cc1F. The maximum Gasteiger partial charge on any atom is 0.250 e. The standard InChI is InChI=1S/C22H21FN2O2S/c1-13-9-14(2)21(15(3)10-13)18-12-28-22(24-18)25-20(26)8-6-16-5-7-19(27-4)17(23)11-16/h5-12H,1-4H3,(H,24,25,26)/b8-6+. The van der Waals surface area contributed by atoms with Crippen molar-refractivity contribution in [2.45, 2.75) is 20.8 Å². The van der Waals surface area contributed by atoms with Crippen LogP contribution < -0.4 is 10.1 Å². The van der Waals surface area contributed by atoms with E-state index in [4.69, 9.17) is 4.74 Å². The van der Waals surface area contributed by atoms with Crippen LogP contribution in [0.25, 0.3) is 17.3 Å². The normalized spacial score (nSPS) is 11.0. The second kappa shape index (κ2) is 8.35. The van der Waals surface area contributed by atoms with Gasteiger partial charge in [0.05, 0.1) is 12.8 Å². The summed E-state index contributed by atoms with van der Waals surface area (Å²) in [4.78, 5) is 16.7. The van der Waals surface area contributed by atoms with E-state index in [-0.39, 0.29) is 11.7 Å². The number of benzene rings is 2. The van der Waals surface area contributed by atoms with Gasteiger partial charge in [0.25, 0.3) is 0 Å². The Labute approximate surface area is 167 Å². The number of amides is 1. The Morgan fingerprint density at radius 2 is 1.89 bits per heavy atom. The maximum atomic E-state index is 13.7. The molecular weight excluding hydrogens is 375 g/mol. The molecule has 2 aromatic carbocycles. The van der Waals surface area contributed by atoms with Crippen LogP contribution in [0.4, 0.5) is 9.52 Å². The van der Waals surface area contributed by atoms with E-state index in [9.17, 15) is 9.18 Å². The third-order valence-electron chi connectivity index (χ3n) is 4.27. The molecule has 4 nitrogen and oxygen atoms in total. The number of ether oxygens (including phenoxy) is 1. The summed E-state index contributed by atoms with van der Waals surface area (Å²) in [6, 6.07) is 8.75. The van der Waals surface area contributed by atoms with Gasteiger partial charge < -0.3 is 4.74 Å². The average Bonchev–Trinajstić information content (AvgIpc) is 3.07. The molecule has 1 amide bonds. The summed E-state index contributed by atoms with van der Waals surface area (Å²) >= 11 is 1.37. The number of rotatable bonds is 5. The molecule has 0 fully saturated rings. The van der Waals surface area contributed by atoms with Gasteiger partial charge in [0, 0.05) is 17.0 Å². The molecule has 6 heteroatoms. The zero-order chi connectivity index (χ0) is 20.3. The van der Waals surface area contributed by atoms with Gasteiger partial charge in [-0.25, -0.2) is 9.37 Å². The highest BCUT2D eigenvalue weighted by Gasteiger charge is 2.11. The van der Waals surface area contributed by atoms with E-state index in [1.54, 1.807) is 12.1 Å². The minimum atomic E-state index is -0.474. The van der Waals surface area contributed by atoms with Crippen molar-refractivity contribution in [1.29, 1.82) is 0 Å². The quantitative estimate of drug-likeness (QED) is 0.577. The number of carbonyl (C=O) groups excluding carboxylic acids is 1. The molecule has 0 aliphatic rings. The fourth-order valence-corrected chi connectivity index (χ4v) is 3.84. The van der Waals surface area contributed by atoms with Crippen LogP contribution in [0.2, 0.25) is 0 Å². The van der Waals surface area contributed by atoms with Gasteiger partial charge in [0.2, 0.25) is 5.91 Å². The summed E-state index contributed by atoms with van der Waals surface area (Å²) in [7, 11) is 1.41. The van der Waals surface area contributed by atoms with Crippen molar-refractivity contribution in [3.05, 3.63) is 69.9 Å². The second-order valence-electron chi connectivity index (χ2n) is 6.53. The van der Waals surface area contributed by atoms with Gasteiger partial charge in [-0.05, 0) is 55.7 Å². The van der Waals surface area contributed by atoms with Crippen LogP contribution in [0.15, 0.2) is 41.8 Å². The Bertz CT molecular complexity index is 1030. The van der Waals surface area contributed by atoms with Crippen LogP contribution in [0.1, 0.15) is 22.3 Å². The van der Waals surface area contributed by atoms with Crippen molar-refractivity contribution in [2.75, 3.05) is 12.4 Å². The van der Waals surface area contributed by atoms with E-state index < -0.39 is 5.82 Å². The number of thiazole rings is 1. The summed E-state index contributed by atoms with van der Waals surface area (Å²) in [5.74, 6) is -0.633. The van der Waals surface area contributed by atoms with Crippen molar-refractivity contribution < 1.29 is 13.9 Å². The predicted molar refractivity (Wildman–Crippen MR) is 112 cm³/mol. The molecule has 0 aliphatic heterocycles. The predicted octanol–water partition coefficient (Wildman–Crippen LogP) is 5.53. The van der Waals surface area contributed by atoms with Crippen LogP contribution in [0.3, 0.4) is 0 Å². The zero-order valence-electron chi connectivity index (χ0n) is 16.2. The molecule has 0 unspecified atom stereocenters. The Kier molecular flexibility index (Phi) is 5.90. The first-order chi connectivity index (χ1) is 13.4. The number of hydrogen-bond donors (Lipinski definition) is 1. The molecule has 0 saturated heterocycles. The number of nitrogens with zero attached hydrogens (tertiary/aromatic N) is 1. The number of methoxy groups -OCH3 is 1. The highest BCUT2D eigenvalue weighted by molar-refractivity contribution is 7.14. The summed E-state index contributed by atoms with van der Waals surface area (Å²) in [6.45, 7) is 6.19. The van der Waals surface area contributed by atoms with E-state index >= 15 is 0 Å². The Morgan fingerprint density at radius 1 is 1.18 bits per heavy atom. The minimum Gasteiger partial charge on any atom is -0.494 e. The summed E-state index contributed by atoms with van der Waals surface area (Å²) < 4.78 is 18.6. The van der Waals surface area contributed by atoms with Crippen molar-refractivity contribution >= 4 is 28.5 Å². The first kappa shape index (κ1) is 19.8. The molecule has 144 valence electrons. The zero-order valence-corrected chi connectivity index (χ0v) is 17.0. The largest absolute Gasteiger partial charge is 0.494 e. The van der Waals surface area contributed by atoms with Crippen molar-refractivity contribution in [3.63, 3.8) is 0 Å². The number of anilines is 1. The molecular formula is C22H21FN2O2S. The molecule has 0 spiro atoms. The summed E-state index contributed by atoms with van der Waals surface area (Å²) in [5.41, 5.74) is 6.02.